The Hall–Kier alpha value is -1.32. The lowest BCUT2D eigenvalue weighted by Gasteiger charge is -2.32. The normalized spacial score (nSPS) is 16.7. The minimum Gasteiger partial charge on any atom is -0.356 e. The zero-order valence-corrected chi connectivity index (χ0v) is 11.4. The molecule has 102 valence electrons. The number of rotatable bonds is 5. The Labute approximate surface area is 109 Å². The molecule has 4 heteroatoms. The smallest absolute Gasteiger partial charge is 0.225 e. The van der Waals surface area contributed by atoms with Gasteiger partial charge in [0.2, 0.25) is 11.8 Å². The van der Waals surface area contributed by atoms with Crippen LogP contribution in [-0.2, 0) is 9.59 Å². The van der Waals surface area contributed by atoms with E-state index in [1.54, 1.807) is 6.08 Å². The van der Waals surface area contributed by atoms with Crippen molar-refractivity contribution in [3.8, 4) is 0 Å². The predicted molar refractivity (Wildman–Crippen MR) is 72.0 cm³/mol. The highest BCUT2D eigenvalue weighted by Gasteiger charge is 2.27. The second kappa shape index (κ2) is 7.19. The van der Waals surface area contributed by atoms with Gasteiger partial charge in [-0.05, 0) is 19.3 Å². The zero-order chi connectivity index (χ0) is 13.5. The molecule has 18 heavy (non-hydrogen) atoms. The van der Waals surface area contributed by atoms with Crippen molar-refractivity contribution >= 4 is 11.8 Å². The molecule has 0 aromatic carbocycles. The molecule has 1 aliphatic heterocycles. The minimum absolute atomic E-state index is 0.0444. The fraction of sp³-hybridized carbons (Fsp3) is 0.714. The largest absolute Gasteiger partial charge is 0.356 e. The van der Waals surface area contributed by atoms with E-state index in [4.69, 9.17) is 0 Å². The molecule has 0 saturated carbocycles. The molecule has 1 rings (SSSR count). The van der Waals surface area contributed by atoms with Crippen LogP contribution in [0.4, 0.5) is 0 Å². The summed E-state index contributed by atoms with van der Waals surface area (Å²) in [6.45, 7) is 9.52. The van der Waals surface area contributed by atoms with Crippen LogP contribution in [0, 0.1) is 11.8 Å². The summed E-state index contributed by atoms with van der Waals surface area (Å²) in [6.07, 6.45) is 4.15. The molecule has 1 fully saturated rings. The average molecular weight is 252 g/mol. The van der Waals surface area contributed by atoms with E-state index in [1.165, 1.54) is 0 Å². The number of carbonyl (C=O) groups is 2. The first-order valence-electron chi connectivity index (χ1n) is 6.73. The molecule has 0 bridgehead atoms. The maximum Gasteiger partial charge on any atom is 0.225 e. The lowest BCUT2D eigenvalue weighted by atomic mass is 9.95. The van der Waals surface area contributed by atoms with Gasteiger partial charge in [0.25, 0.3) is 0 Å². The fourth-order valence-corrected chi connectivity index (χ4v) is 2.17. The van der Waals surface area contributed by atoms with Crippen molar-refractivity contribution in [1.82, 2.24) is 10.2 Å². The van der Waals surface area contributed by atoms with Crippen molar-refractivity contribution in [3.63, 3.8) is 0 Å². The summed E-state index contributed by atoms with van der Waals surface area (Å²) in [5, 5.41) is 2.91. The van der Waals surface area contributed by atoms with Crippen LogP contribution in [0.2, 0.25) is 0 Å². The Kier molecular flexibility index (Phi) is 5.89. The van der Waals surface area contributed by atoms with Gasteiger partial charge < -0.3 is 10.2 Å². The van der Waals surface area contributed by atoms with E-state index in [2.05, 4.69) is 11.9 Å². The molecule has 1 aliphatic rings. The molecule has 2 amide bonds. The lowest BCUT2D eigenvalue weighted by Crippen LogP contribution is -2.44. The van der Waals surface area contributed by atoms with Gasteiger partial charge in [-0.15, -0.1) is 6.58 Å². The average Bonchev–Trinajstić information content (AvgIpc) is 2.38. The first kappa shape index (κ1) is 14.7. The number of nitrogens with zero attached hydrogens (tertiary/aromatic N) is 1. The summed E-state index contributed by atoms with van der Waals surface area (Å²) >= 11 is 0. The van der Waals surface area contributed by atoms with Crippen molar-refractivity contribution in [2.24, 2.45) is 11.8 Å². The Balaban J connectivity index is 2.32. The number of hydrogen-bond donors (Lipinski definition) is 1. The van der Waals surface area contributed by atoms with E-state index >= 15 is 0 Å². The second-order valence-corrected chi connectivity index (χ2v) is 5.12. The van der Waals surface area contributed by atoms with Crippen LogP contribution in [0.25, 0.3) is 0 Å². The van der Waals surface area contributed by atoms with Crippen molar-refractivity contribution < 1.29 is 9.59 Å². The Morgan fingerprint density at radius 2 is 2.00 bits per heavy atom. The highest BCUT2D eigenvalue weighted by Crippen LogP contribution is 2.18. The molecule has 0 spiro atoms. The molecule has 4 nitrogen and oxygen atoms in total. The van der Waals surface area contributed by atoms with Crippen molar-refractivity contribution in [2.45, 2.75) is 33.1 Å². The topological polar surface area (TPSA) is 49.4 Å². The number of nitrogens with one attached hydrogen (secondary N) is 1. The summed E-state index contributed by atoms with van der Waals surface area (Å²) in [6, 6.07) is 0. The highest BCUT2D eigenvalue weighted by atomic mass is 16.2. The minimum atomic E-state index is 0.0444. The first-order valence-corrected chi connectivity index (χ1v) is 6.73. The van der Waals surface area contributed by atoms with Crippen molar-refractivity contribution in [2.75, 3.05) is 19.6 Å². The van der Waals surface area contributed by atoms with E-state index in [1.807, 2.05) is 18.7 Å². The highest BCUT2D eigenvalue weighted by molar-refractivity contribution is 5.80. The van der Waals surface area contributed by atoms with E-state index in [0.29, 0.717) is 19.6 Å². The second-order valence-electron chi connectivity index (χ2n) is 5.12. The number of carbonyl (C=O) groups excluding carboxylic acids is 2. The van der Waals surface area contributed by atoms with Gasteiger partial charge in [0.15, 0.2) is 0 Å². The molecule has 0 aliphatic carbocycles. The molecule has 1 saturated heterocycles. The van der Waals surface area contributed by atoms with Crippen LogP contribution >= 0.6 is 0 Å². The third-order valence-corrected chi connectivity index (χ3v) is 3.32. The van der Waals surface area contributed by atoms with Crippen LogP contribution in [0.5, 0.6) is 0 Å². The summed E-state index contributed by atoms with van der Waals surface area (Å²) < 4.78 is 0. The molecule has 0 unspecified atom stereocenters. The Morgan fingerprint density at radius 3 is 2.50 bits per heavy atom. The maximum absolute atomic E-state index is 11.8. The number of hydrogen-bond acceptors (Lipinski definition) is 2. The van der Waals surface area contributed by atoms with Gasteiger partial charge >= 0.3 is 0 Å². The Morgan fingerprint density at radius 1 is 1.39 bits per heavy atom. The van der Waals surface area contributed by atoms with Gasteiger partial charge in [-0.3, -0.25) is 9.59 Å². The first-order chi connectivity index (χ1) is 8.56. The number of piperidine rings is 1. The molecule has 0 atom stereocenters. The van der Waals surface area contributed by atoms with E-state index in [9.17, 15) is 9.59 Å². The SMILES string of the molecule is C=CCCNC(=O)C1CCN(C(=O)C(C)C)CC1. The van der Waals surface area contributed by atoms with Gasteiger partial charge in [-0.2, -0.15) is 0 Å². The summed E-state index contributed by atoms with van der Waals surface area (Å²) in [5.74, 6) is 0.419. The van der Waals surface area contributed by atoms with E-state index in [-0.39, 0.29) is 23.7 Å². The van der Waals surface area contributed by atoms with Crippen LogP contribution in [0.3, 0.4) is 0 Å². The third kappa shape index (κ3) is 4.17. The van der Waals surface area contributed by atoms with Gasteiger partial charge in [-0.25, -0.2) is 0 Å². The van der Waals surface area contributed by atoms with Crippen LogP contribution < -0.4 is 5.32 Å². The fourth-order valence-electron chi connectivity index (χ4n) is 2.17. The molecule has 0 aromatic heterocycles. The zero-order valence-electron chi connectivity index (χ0n) is 11.4. The van der Waals surface area contributed by atoms with Gasteiger partial charge in [0, 0.05) is 31.5 Å². The molecule has 0 radical (unpaired) electrons. The van der Waals surface area contributed by atoms with Crippen LogP contribution in [0.1, 0.15) is 33.1 Å². The van der Waals surface area contributed by atoms with Crippen LogP contribution in [0.15, 0.2) is 12.7 Å². The standard InChI is InChI=1S/C14H24N2O2/c1-4-5-8-15-13(17)12-6-9-16(10-7-12)14(18)11(2)3/h4,11-12H,1,5-10H2,2-3H3,(H,15,17). The number of amides is 2. The lowest BCUT2D eigenvalue weighted by molar-refractivity contribution is -0.138. The summed E-state index contributed by atoms with van der Waals surface area (Å²) in [4.78, 5) is 25.5. The molecule has 1 N–H and O–H groups in total. The molecular weight excluding hydrogens is 228 g/mol. The quantitative estimate of drug-likeness (QED) is 0.596. The summed E-state index contributed by atoms with van der Waals surface area (Å²) in [5.41, 5.74) is 0. The van der Waals surface area contributed by atoms with Crippen LogP contribution in [-0.4, -0.2) is 36.3 Å². The monoisotopic (exact) mass is 252 g/mol. The third-order valence-electron chi connectivity index (χ3n) is 3.32. The summed E-state index contributed by atoms with van der Waals surface area (Å²) in [7, 11) is 0. The molecule has 0 aromatic rings. The van der Waals surface area contributed by atoms with E-state index < -0.39 is 0 Å². The Bertz CT molecular complexity index is 305. The van der Waals surface area contributed by atoms with E-state index in [0.717, 1.165) is 19.3 Å². The molecule has 1 heterocycles. The van der Waals surface area contributed by atoms with Gasteiger partial charge in [0.1, 0.15) is 0 Å². The van der Waals surface area contributed by atoms with Crippen molar-refractivity contribution in [1.29, 1.82) is 0 Å². The maximum atomic E-state index is 11.8. The number of likely N-dealkylation sites (tertiary alicyclic amines) is 1. The van der Waals surface area contributed by atoms with Crippen molar-refractivity contribution in [3.05, 3.63) is 12.7 Å². The predicted octanol–water partition coefficient (Wildman–Crippen LogP) is 1.57. The van der Waals surface area contributed by atoms with Gasteiger partial charge in [0.05, 0.1) is 0 Å². The van der Waals surface area contributed by atoms with Gasteiger partial charge in [-0.1, -0.05) is 19.9 Å². The molecular formula is C14H24N2O2.